The van der Waals surface area contributed by atoms with E-state index in [0.717, 1.165) is 11.2 Å². The Bertz CT molecular complexity index is 674. The molecule has 0 aliphatic rings. The summed E-state index contributed by atoms with van der Waals surface area (Å²) in [6, 6.07) is 14.1. The zero-order valence-corrected chi connectivity index (χ0v) is 8.97. The maximum atomic E-state index is 13.1. The maximum absolute atomic E-state index is 13.1. The topological polar surface area (TPSA) is 43.8 Å². The summed E-state index contributed by atoms with van der Waals surface area (Å²) in [6.07, 6.45) is 0. The van der Waals surface area contributed by atoms with Gasteiger partial charge in [0, 0.05) is 5.39 Å². The number of nitrogen functional groups attached to an aromatic ring is 1. The molecule has 0 radical (unpaired) electrons. The Morgan fingerprint density at radius 3 is 2.59 bits per heavy atom. The first kappa shape index (κ1) is 9.84. The van der Waals surface area contributed by atoms with Crippen LogP contribution in [0.3, 0.4) is 0 Å². The summed E-state index contributed by atoms with van der Waals surface area (Å²) >= 11 is 0. The second-order valence-corrected chi connectivity index (χ2v) is 3.79. The van der Waals surface area contributed by atoms with Gasteiger partial charge >= 0.3 is 0 Å². The van der Waals surface area contributed by atoms with Crippen LogP contribution in [-0.4, -0.2) is 9.78 Å². The minimum absolute atomic E-state index is 0.309. The van der Waals surface area contributed by atoms with Crippen molar-refractivity contribution in [3.63, 3.8) is 0 Å². The molecule has 0 bridgehead atoms. The van der Waals surface area contributed by atoms with Crippen LogP contribution in [0, 0.1) is 5.82 Å². The number of rotatable bonds is 1. The number of anilines is 1. The number of hydrogen-bond donors (Lipinski definition) is 1. The van der Waals surface area contributed by atoms with Crippen LogP contribution in [0.1, 0.15) is 0 Å². The molecule has 17 heavy (non-hydrogen) atoms. The zero-order chi connectivity index (χ0) is 11.8. The molecule has 0 atom stereocenters. The lowest BCUT2D eigenvalue weighted by Gasteiger charge is -2.02. The smallest absolute Gasteiger partial charge is 0.153 e. The van der Waals surface area contributed by atoms with Gasteiger partial charge in [0.2, 0.25) is 0 Å². The van der Waals surface area contributed by atoms with E-state index in [1.165, 1.54) is 12.1 Å². The summed E-state index contributed by atoms with van der Waals surface area (Å²) in [4.78, 5) is 0. The fourth-order valence-electron chi connectivity index (χ4n) is 1.88. The highest BCUT2D eigenvalue weighted by atomic mass is 19.1. The van der Waals surface area contributed by atoms with Gasteiger partial charge in [-0.2, -0.15) is 0 Å². The van der Waals surface area contributed by atoms with Crippen molar-refractivity contribution in [3.8, 4) is 5.69 Å². The van der Waals surface area contributed by atoms with E-state index in [4.69, 9.17) is 5.73 Å². The van der Waals surface area contributed by atoms with Crippen LogP contribution in [0.5, 0.6) is 0 Å². The molecule has 3 aromatic rings. The second kappa shape index (κ2) is 3.59. The van der Waals surface area contributed by atoms with Gasteiger partial charge < -0.3 is 5.73 Å². The maximum Gasteiger partial charge on any atom is 0.153 e. The van der Waals surface area contributed by atoms with Gasteiger partial charge in [0.25, 0.3) is 0 Å². The fourth-order valence-corrected chi connectivity index (χ4v) is 1.88. The van der Waals surface area contributed by atoms with E-state index in [2.05, 4.69) is 5.10 Å². The first-order chi connectivity index (χ1) is 8.25. The van der Waals surface area contributed by atoms with Crippen molar-refractivity contribution < 1.29 is 4.39 Å². The Kier molecular flexibility index (Phi) is 2.08. The molecule has 84 valence electrons. The predicted octanol–water partition coefficient (Wildman–Crippen LogP) is 2.75. The van der Waals surface area contributed by atoms with Crippen molar-refractivity contribution in [3.05, 3.63) is 54.3 Å². The lowest BCUT2D eigenvalue weighted by Crippen LogP contribution is -1.96. The summed E-state index contributed by atoms with van der Waals surface area (Å²) in [5.41, 5.74) is 7.49. The third-order valence-corrected chi connectivity index (χ3v) is 2.67. The van der Waals surface area contributed by atoms with Crippen molar-refractivity contribution in [2.75, 3.05) is 5.73 Å². The molecule has 2 aromatic carbocycles. The molecule has 0 amide bonds. The Morgan fingerprint density at radius 2 is 1.82 bits per heavy atom. The van der Waals surface area contributed by atoms with E-state index in [1.807, 2.05) is 30.3 Å². The molecular weight excluding hydrogens is 217 g/mol. The molecule has 0 aliphatic heterocycles. The SMILES string of the molecule is Nc1nn(-c2ccccc2)c2ccc(F)cc12. The average molecular weight is 227 g/mol. The highest BCUT2D eigenvalue weighted by molar-refractivity contribution is 5.90. The Labute approximate surface area is 97.3 Å². The number of para-hydroxylation sites is 1. The van der Waals surface area contributed by atoms with Gasteiger partial charge in [-0.25, -0.2) is 9.07 Å². The molecule has 0 fully saturated rings. The number of fused-ring (bicyclic) bond motifs is 1. The Hall–Kier alpha value is -2.36. The largest absolute Gasteiger partial charge is 0.382 e. The van der Waals surface area contributed by atoms with Crippen molar-refractivity contribution in [1.29, 1.82) is 0 Å². The van der Waals surface area contributed by atoms with E-state index in [-0.39, 0.29) is 5.82 Å². The Morgan fingerprint density at radius 1 is 1.06 bits per heavy atom. The first-order valence-electron chi connectivity index (χ1n) is 5.25. The summed E-state index contributed by atoms with van der Waals surface area (Å²) in [5.74, 6) is 0.0279. The highest BCUT2D eigenvalue weighted by Gasteiger charge is 2.09. The van der Waals surface area contributed by atoms with E-state index in [1.54, 1.807) is 10.7 Å². The molecule has 1 aromatic heterocycles. The van der Waals surface area contributed by atoms with E-state index in [9.17, 15) is 4.39 Å². The lowest BCUT2D eigenvalue weighted by molar-refractivity contribution is 0.629. The lowest BCUT2D eigenvalue weighted by atomic mass is 10.2. The number of halogens is 1. The number of benzene rings is 2. The molecule has 0 spiro atoms. The molecule has 0 saturated carbocycles. The third kappa shape index (κ3) is 1.54. The van der Waals surface area contributed by atoms with Gasteiger partial charge in [-0.15, -0.1) is 5.10 Å². The second-order valence-electron chi connectivity index (χ2n) is 3.79. The van der Waals surface area contributed by atoms with Crippen LogP contribution in [0.25, 0.3) is 16.6 Å². The van der Waals surface area contributed by atoms with Crippen LogP contribution >= 0.6 is 0 Å². The van der Waals surface area contributed by atoms with Crippen LogP contribution in [0.4, 0.5) is 10.2 Å². The Balaban J connectivity index is 2.32. The summed E-state index contributed by atoms with van der Waals surface area (Å²) < 4.78 is 14.8. The number of aromatic nitrogens is 2. The van der Waals surface area contributed by atoms with Crippen molar-refractivity contribution >= 4 is 16.7 Å². The first-order valence-corrected chi connectivity index (χ1v) is 5.25. The highest BCUT2D eigenvalue weighted by Crippen LogP contribution is 2.24. The number of hydrogen-bond acceptors (Lipinski definition) is 2. The van der Waals surface area contributed by atoms with Gasteiger partial charge in [0.05, 0.1) is 11.2 Å². The summed E-state index contributed by atoms with van der Waals surface area (Å²) in [5, 5.41) is 4.86. The molecule has 3 nitrogen and oxygen atoms in total. The molecule has 0 saturated heterocycles. The fraction of sp³-hybridized carbons (Fsp3) is 0. The minimum atomic E-state index is -0.309. The normalized spacial score (nSPS) is 10.9. The zero-order valence-electron chi connectivity index (χ0n) is 8.97. The van der Waals surface area contributed by atoms with Crippen LogP contribution in [0.2, 0.25) is 0 Å². The van der Waals surface area contributed by atoms with E-state index >= 15 is 0 Å². The van der Waals surface area contributed by atoms with Crippen LogP contribution in [0.15, 0.2) is 48.5 Å². The molecule has 3 rings (SSSR count). The number of nitrogens with two attached hydrogens (primary N) is 1. The molecule has 0 unspecified atom stereocenters. The van der Waals surface area contributed by atoms with Gasteiger partial charge in [0.15, 0.2) is 5.82 Å². The van der Waals surface area contributed by atoms with Crippen molar-refractivity contribution in [1.82, 2.24) is 9.78 Å². The quantitative estimate of drug-likeness (QED) is 0.694. The standard InChI is InChI=1S/C13H10FN3/c14-9-6-7-12-11(8-9)13(15)16-17(12)10-4-2-1-3-5-10/h1-8H,(H2,15,16). The molecule has 2 N–H and O–H groups in total. The van der Waals surface area contributed by atoms with Gasteiger partial charge in [-0.3, -0.25) is 0 Å². The third-order valence-electron chi connectivity index (χ3n) is 2.67. The van der Waals surface area contributed by atoms with Crippen molar-refractivity contribution in [2.24, 2.45) is 0 Å². The van der Waals surface area contributed by atoms with Crippen molar-refractivity contribution in [2.45, 2.75) is 0 Å². The monoisotopic (exact) mass is 227 g/mol. The summed E-state index contributed by atoms with van der Waals surface area (Å²) in [7, 11) is 0. The van der Waals surface area contributed by atoms with Crippen LogP contribution < -0.4 is 5.73 Å². The summed E-state index contributed by atoms with van der Waals surface area (Å²) in [6.45, 7) is 0. The van der Waals surface area contributed by atoms with Crippen LogP contribution in [-0.2, 0) is 0 Å². The van der Waals surface area contributed by atoms with Gasteiger partial charge in [-0.1, -0.05) is 18.2 Å². The molecular formula is C13H10FN3. The molecule has 1 heterocycles. The molecule has 4 heteroatoms. The van der Waals surface area contributed by atoms with Gasteiger partial charge in [-0.05, 0) is 30.3 Å². The number of nitrogens with zero attached hydrogens (tertiary/aromatic N) is 2. The predicted molar refractivity (Wildman–Crippen MR) is 65.4 cm³/mol. The van der Waals surface area contributed by atoms with E-state index in [0.29, 0.717) is 11.2 Å². The average Bonchev–Trinajstić information content (AvgIpc) is 2.68. The molecule has 0 aliphatic carbocycles. The van der Waals surface area contributed by atoms with Gasteiger partial charge in [0.1, 0.15) is 5.82 Å². The minimum Gasteiger partial charge on any atom is -0.382 e. The van der Waals surface area contributed by atoms with E-state index < -0.39 is 0 Å².